The van der Waals surface area contributed by atoms with E-state index in [0.29, 0.717) is 32.0 Å². The molecule has 2 fully saturated rings. The number of hydrogen-bond donors (Lipinski definition) is 0. The maximum atomic E-state index is 13.1. The van der Waals surface area contributed by atoms with Crippen LogP contribution in [0.4, 0.5) is 5.69 Å². The molecule has 152 valence electrons. The van der Waals surface area contributed by atoms with Crippen LogP contribution in [-0.2, 0) is 9.59 Å². The summed E-state index contributed by atoms with van der Waals surface area (Å²) in [5.74, 6) is 0.222. The molecule has 6 nitrogen and oxygen atoms in total. The number of fused-ring (bicyclic) bond motifs is 1. The van der Waals surface area contributed by atoms with Gasteiger partial charge in [0, 0.05) is 54.9 Å². The average Bonchev–Trinajstić information content (AvgIpc) is 3.20. The molecule has 2 aliphatic heterocycles. The molecule has 6 heteroatoms. The summed E-state index contributed by atoms with van der Waals surface area (Å²) in [6.45, 7) is 1.89. The highest BCUT2D eigenvalue weighted by molar-refractivity contribution is 6.00. The molecule has 30 heavy (non-hydrogen) atoms. The van der Waals surface area contributed by atoms with E-state index < -0.39 is 0 Å². The molecule has 1 unspecified atom stereocenters. The van der Waals surface area contributed by atoms with Crippen molar-refractivity contribution in [2.75, 3.05) is 24.5 Å². The number of pyridine rings is 2. The Kier molecular flexibility index (Phi) is 4.91. The molecule has 2 aromatic heterocycles. The fourth-order valence-corrected chi connectivity index (χ4v) is 4.58. The minimum atomic E-state index is -0.253. The third-order valence-corrected chi connectivity index (χ3v) is 6.25. The van der Waals surface area contributed by atoms with Gasteiger partial charge >= 0.3 is 0 Å². The molecule has 0 saturated carbocycles. The van der Waals surface area contributed by atoms with Crippen LogP contribution >= 0.6 is 0 Å². The molecule has 0 spiro atoms. The Morgan fingerprint density at radius 3 is 2.57 bits per heavy atom. The van der Waals surface area contributed by atoms with Gasteiger partial charge in [0.2, 0.25) is 11.8 Å². The van der Waals surface area contributed by atoms with Crippen molar-refractivity contribution < 1.29 is 9.59 Å². The first-order valence-electron chi connectivity index (χ1n) is 10.5. The lowest BCUT2D eigenvalue weighted by atomic mass is 9.92. The maximum absolute atomic E-state index is 13.1. The van der Waals surface area contributed by atoms with Gasteiger partial charge in [-0.15, -0.1) is 0 Å². The second kappa shape index (κ2) is 7.86. The van der Waals surface area contributed by atoms with Crippen LogP contribution in [0.5, 0.6) is 0 Å². The summed E-state index contributed by atoms with van der Waals surface area (Å²) < 4.78 is 0. The van der Waals surface area contributed by atoms with Gasteiger partial charge in [-0.05, 0) is 49.2 Å². The topological polar surface area (TPSA) is 66.4 Å². The Morgan fingerprint density at radius 1 is 0.967 bits per heavy atom. The highest BCUT2D eigenvalue weighted by atomic mass is 16.2. The van der Waals surface area contributed by atoms with Crippen molar-refractivity contribution in [1.29, 1.82) is 0 Å². The van der Waals surface area contributed by atoms with Crippen molar-refractivity contribution in [1.82, 2.24) is 14.9 Å². The van der Waals surface area contributed by atoms with E-state index in [9.17, 15) is 9.59 Å². The number of benzene rings is 1. The van der Waals surface area contributed by atoms with Gasteiger partial charge < -0.3 is 9.80 Å². The zero-order valence-corrected chi connectivity index (χ0v) is 16.8. The normalized spacial score (nSPS) is 20.1. The molecule has 2 aliphatic rings. The molecular weight excluding hydrogens is 376 g/mol. The fourth-order valence-electron chi connectivity index (χ4n) is 4.58. The molecule has 5 rings (SSSR count). The van der Waals surface area contributed by atoms with Crippen LogP contribution in [0.1, 0.15) is 30.9 Å². The number of hydrogen-bond acceptors (Lipinski definition) is 4. The number of aromatic nitrogens is 2. The molecular formula is C24H24N4O2. The molecule has 2 amide bonds. The van der Waals surface area contributed by atoms with Crippen LogP contribution in [-0.4, -0.2) is 46.3 Å². The van der Waals surface area contributed by atoms with E-state index in [1.165, 1.54) is 0 Å². The Morgan fingerprint density at radius 2 is 1.77 bits per heavy atom. The quantitative estimate of drug-likeness (QED) is 0.676. The molecule has 2 saturated heterocycles. The van der Waals surface area contributed by atoms with Crippen molar-refractivity contribution in [3.05, 3.63) is 66.5 Å². The molecule has 0 N–H and O–H groups in total. The molecule has 0 aliphatic carbocycles. The lowest BCUT2D eigenvalue weighted by molar-refractivity contribution is -0.136. The summed E-state index contributed by atoms with van der Waals surface area (Å²) >= 11 is 0. The van der Waals surface area contributed by atoms with Gasteiger partial charge in [-0.1, -0.05) is 18.2 Å². The second-order valence-electron chi connectivity index (χ2n) is 8.13. The number of rotatable bonds is 3. The number of likely N-dealkylation sites (tertiary alicyclic amines) is 1. The number of carbonyl (C=O) groups is 2. The number of piperidine rings is 1. The smallest absolute Gasteiger partial charge is 0.228 e. The van der Waals surface area contributed by atoms with Crippen molar-refractivity contribution in [2.45, 2.75) is 25.2 Å². The monoisotopic (exact) mass is 400 g/mol. The van der Waals surface area contributed by atoms with Gasteiger partial charge in [0.1, 0.15) is 0 Å². The van der Waals surface area contributed by atoms with Crippen LogP contribution in [0.2, 0.25) is 0 Å². The van der Waals surface area contributed by atoms with E-state index in [2.05, 4.69) is 17.1 Å². The number of nitrogens with zero attached hydrogens (tertiary/aromatic N) is 4. The molecule has 0 bridgehead atoms. The molecule has 1 atom stereocenters. The predicted octanol–water partition coefficient (Wildman–Crippen LogP) is 3.39. The minimum Gasteiger partial charge on any atom is -0.342 e. The molecule has 0 radical (unpaired) electrons. The summed E-state index contributed by atoms with van der Waals surface area (Å²) in [6.07, 6.45) is 3.84. The van der Waals surface area contributed by atoms with Gasteiger partial charge in [-0.25, -0.2) is 9.97 Å². The summed E-state index contributed by atoms with van der Waals surface area (Å²) in [5, 5.41) is 1.04. The zero-order valence-electron chi connectivity index (χ0n) is 16.8. The van der Waals surface area contributed by atoms with E-state index >= 15 is 0 Å². The Balaban J connectivity index is 1.22. The van der Waals surface area contributed by atoms with Gasteiger partial charge in [0.15, 0.2) is 5.65 Å². The van der Waals surface area contributed by atoms with E-state index in [1.807, 2.05) is 47.4 Å². The highest BCUT2D eigenvalue weighted by Crippen LogP contribution is 2.31. The van der Waals surface area contributed by atoms with E-state index in [0.717, 1.165) is 35.3 Å². The highest BCUT2D eigenvalue weighted by Gasteiger charge is 2.38. The Labute approximate surface area is 175 Å². The SMILES string of the molecule is O=C(C1CC(=O)N(c2ccccc2)C1)N1CCC(c2ccc3cccnc3n2)CC1. The predicted molar refractivity (Wildman–Crippen MR) is 115 cm³/mol. The first-order chi connectivity index (χ1) is 14.7. The van der Waals surface area contributed by atoms with Crippen molar-refractivity contribution in [3.8, 4) is 0 Å². The Hall–Kier alpha value is -3.28. The summed E-state index contributed by atoms with van der Waals surface area (Å²) in [6, 6.07) is 17.7. The van der Waals surface area contributed by atoms with Crippen LogP contribution < -0.4 is 4.90 Å². The average molecular weight is 400 g/mol. The molecule has 4 heterocycles. The summed E-state index contributed by atoms with van der Waals surface area (Å²) in [4.78, 5) is 38.3. The van der Waals surface area contributed by atoms with Crippen LogP contribution in [0.3, 0.4) is 0 Å². The summed E-state index contributed by atoms with van der Waals surface area (Å²) in [5.41, 5.74) is 2.70. The largest absolute Gasteiger partial charge is 0.342 e. The van der Waals surface area contributed by atoms with E-state index in [-0.39, 0.29) is 17.7 Å². The zero-order chi connectivity index (χ0) is 20.5. The van der Waals surface area contributed by atoms with Crippen molar-refractivity contribution >= 4 is 28.5 Å². The van der Waals surface area contributed by atoms with Gasteiger partial charge in [0.05, 0.1) is 5.92 Å². The molecule has 1 aromatic carbocycles. The van der Waals surface area contributed by atoms with Crippen molar-refractivity contribution in [2.24, 2.45) is 5.92 Å². The van der Waals surface area contributed by atoms with Crippen LogP contribution in [0, 0.1) is 5.92 Å². The third-order valence-electron chi connectivity index (χ3n) is 6.25. The van der Waals surface area contributed by atoms with Crippen LogP contribution in [0.25, 0.3) is 11.0 Å². The third kappa shape index (κ3) is 3.54. The van der Waals surface area contributed by atoms with Crippen LogP contribution in [0.15, 0.2) is 60.8 Å². The lowest BCUT2D eigenvalue weighted by Gasteiger charge is -2.33. The number of amides is 2. The first-order valence-corrected chi connectivity index (χ1v) is 10.5. The maximum Gasteiger partial charge on any atom is 0.228 e. The van der Waals surface area contributed by atoms with Gasteiger partial charge in [-0.2, -0.15) is 0 Å². The molecule has 3 aromatic rings. The summed E-state index contributed by atoms with van der Waals surface area (Å²) in [7, 11) is 0. The number of carbonyl (C=O) groups excluding carboxylic acids is 2. The van der Waals surface area contributed by atoms with E-state index in [4.69, 9.17) is 4.98 Å². The Bertz CT molecular complexity index is 1080. The standard InChI is InChI=1S/C24H24N4O2/c29-22-15-19(16-28(22)20-6-2-1-3-7-20)24(30)27-13-10-17(11-14-27)21-9-8-18-5-4-12-25-23(18)26-21/h1-9,12,17,19H,10-11,13-16H2. The lowest BCUT2D eigenvalue weighted by Crippen LogP contribution is -2.42. The number of anilines is 1. The number of para-hydroxylation sites is 1. The van der Waals surface area contributed by atoms with Gasteiger partial charge in [-0.3, -0.25) is 9.59 Å². The van der Waals surface area contributed by atoms with Crippen molar-refractivity contribution in [3.63, 3.8) is 0 Å². The minimum absolute atomic E-state index is 0.0299. The fraction of sp³-hybridized carbons (Fsp3) is 0.333. The van der Waals surface area contributed by atoms with E-state index in [1.54, 1.807) is 11.1 Å². The first kappa shape index (κ1) is 18.7. The second-order valence-corrected chi connectivity index (χ2v) is 8.13. The van der Waals surface area contributed by atoms with Gasteiger partial charge in [0.25, 0.3) is 0 Å².